The Hall–Kier alpha value is -0.180. The van der Waals surface area contributed by atoms with Crippen molar-refractivity contribution in [2.24, 2.45) is 0 Å². The molecule has 0 rings (SSSR count). The first-order valence-corrected chi connectivity index (χ1v) is 11.0. The van der Waals surface area contributed by atoms with Crippen LogP contribution in [-0.4, -0.2) is 17.8 Å². The predicted octanol–water partition coefficient (Wildman–Crippen LogP) is 7.11. The molecule has 0 spiro atoms. The van der Waals surface area contributed by atoms with Crippen LogP contribution in [0.4, 0.5) is 0 Å². The van der Waals surface area contributed by atoms with Crippen LogP contribution in [0.25, 0.3) is 0 Å². The molecule has 1 atom stereocenters. The van der Waals surface area contributed by atoms with Crippen molar-refractivity contribution in [2.75, 3.05) is 6.61 Å². The Morgan fingerprint density at radius 3 is 1.38 bits per heavy atom. The van der Waals surface area contributed by atoms with Gasteiger partial charge in [0.25, 0.3) is 0 Å². The highest BCUT2D eigenvalue weighted by atomic mass is 32.1. The summed E-state index contributed by atoms with van der Waals surface area (Å²) in [5, 5.41) is -0.300. The van der Waals surface area contributed by atoms with E-state index < -0.39 is 0 Å². The number of unbranched alkanes of at least 4 members (excludes halogenated alkanes) is 15. The van der Waals surface area contributed by atoms with Gasteiger partial charge in [-0.3, -0.25) is 4.79 Å². The highest BCUT2D eigenvalue weighted by molar-refractivity contribution is 7.81. The van der Waals surface area contributed by atoms with Crippen molar-refractivity contribution in [1.29, 1.82) is 0 Å². The fourth-order valence-corrected chi connectivity index (χ4v) is 3.02. The van der Waals surface area contributed by atoms with Crippen molar-refractivity contribution in [3.05, 3.63) is 0 Å². The fraction of sp³-hybridized carbons (Fsp3) is 0.952. The zero-order chi connectivity index (χ0) is 17.9. The van der Waals surface area contributed by atoms with Gasteiger partial charge in [0.15, 0.2) is 0 Å². The van der Waals surface area contributed by atoms with Gasteiger partial charge in [0, 0.05) is 0 Å². The van der Waals surface area contributed by atoms with Crippen LogP contribution in [0.2, 0.25) is 0 Å². The second-order valence-corrected chi connectivity index (χ2v) is 7.92. The van der Waals surface area contributed by atoms with Gasteiger partial charge in [0.2, 0.25) is 0 Å². The molecular weight excluding hydrogens is 316 g/mol. The Kier molecular flexibility index (Phi) is 19.0. The third kappa shape index (κ3) is 18.2. The minimum Gasteiger partial charge on any atom is -0.465 e. The summed E-state index contributed by atoms with van der Waals surface area (Å²) in [6.07, 6.45) is 21.8. The van der Waals surface area contributed by atoms with Gasteiger partial charge in [0.05, 0.1) is 11.9 Å². The lowest BCUT2D eigenvalue weighted by Gasteiger charge is -2.06. The number of carbonyl (C=O) groups excluding carboxylic acids is 1. The number of hydrogen-bond donors (Lipinski definition) is 1. The molecule has 0 aliphatic carbocycles. The van der Waals surface area contributed by atoms with Crippen molar-refractivity contribution in [1.82, 2.24) is 0 Å². The van der Waals surface area contributed by atoms with Gasteiger partial charge in [-0.25, -0.2) is 0 Å². The minimum absolute atomic E-state index is 0.195. The topological polar surface area (TPSA) is 26.3 Å². The number of hydrogen-bond acceptors (Lipinski definition) is 3. The van der Waals surface area contributed by atoms with E-state index in [2.05, 4.69) is 19.6 Å². The van der Waals surface area contributed by atoms with E-state index in [1.807, 2.05) is 0 Å². The molecule has 0 saturated heterocycles. The van der Waals surface area contributed by atoms with E-state index in [4.69, 9.17) is 4.74 Å². The summed E-state index contributed by atoms with van der Waals surface area (Å²) in [5.74, 6) is -0.195. The Balaban J connectivity index is 3.04. The molecule has 0 N–H and O–H groups in total. The van der Waals surface area contributed by atoms with E-state index in [0.717, 1.165) is 6.42 Å². The molecule has 0 heterocycles. The third-order valence-electron chi connectivity index (χ3n) is 4.58. The Morgan fingerprint density at radius 2 is 1.04 bits per heavy atom. The molecule has 0 aliphatic heterocycles. The molecule has 24 heavy (non-hydrogen) atoms. The normalized spacial score (nSPS) is 12.3. The maximum atomic E-state index is 11.2. The molecular formula is C21H42O2S. The van der Waals surface area contributed by atoms with Crippen LogP contribution in [0.3, 0.4) is 0 Å². The average molecular weight is 359 g/mol. The summed E-state index contributed by atoms with van der Waals surface area (Å²) >= 11 is 4.05. The van der Waals surface area contributed by atoms with Gasteiger partial charge >= 0.3 is 5.97 Å². The lowest BCUT2D eigenvalue weighted by Crippen LogP contribution is -2.15. The maximum absolute atomic E-state index is 11.2. The first kappa shape index (κ1) is 23.8. The molecule has 0 bridgehead atoms. The maximum Gasteiger partial charge on any atom is 0.318 e. The monoisotopic (exact) mass is 358 g/mol. The van der Waals surface area contributed by atoms with Crippen LogP contribution in [0.5, 0.6) is 0 Å². The quantitative estimate of drug-likeness (QED) is 0.160. The van der Waals surface area contributed by atoms with Gasteiger partial charge in [-0.15, -0.1) is 0 Å². The molecule has 2 nitrogen and oxygen atoms in total. The standard InChI is InChI=1S/C21H42O2S/c1-3-4-5-6-7-8-9-10-11-12-13-14-15-16-17-18-19-23-21(22)20(2)24/h20,24H,3-19H2,1-2H3/t20-/m0/s1. The SMILES string of the molecule is CCCCCCCCCCCCCCCCCCOC(=O)[C@H](C)S. The molecule has 3 heteroatoms. The summed E-state index contributed by atoms with van der Waals surface area (Å²) in [6.45, 7) is 4.59. The van der Waals surface area contributed by atoms with E-state index >= 15 is 0 Å². The second kappa shape index (κ2) is 19.1. The molecule has 0 radical (unpaired) electrons. The van der Waals surface area contributed by atoms with Crippen LogP contribution >= 0.6 is 12.6 Å². The largest absolute Gasteiger partial charge is 0.465 e. The van der Waals surface area contributed by atoms with Gasteiger partial charge in [-0.05, 0) is 13.3 Å². The van der Waals surface area contributed by atoms with Crippen LogP contribution < -0.4 is 0 Å². The first-order chi connectivity index (χ1) is 11.7. The van der Waals surface area contributed by atoms with E-state index in [9.17, 15) is 4.79 Å². The highest BCUT2D eigenvalue weighted by Crippen LogP contribution is 2.13. The first-order valence-electron chi connectivity index (χ1n) is 10.5. The van der Waals surface area contributed by atoms with Crippen molar-refractivity contribution < 1.29 is 9.53 Å². The van der Waals surface area contributed by atoms with Gasteiger partial charge in [0.1, 0.15) is 0 Å². The molecule has 144 valence electrons. The summed E-state index contributed by atoms with van der Waals surface area (Å²) in [5.41, 5.74) is 0. The Labute approximate surface area is 156 Å². The van der Waals surface area contributed by atoms with E-state index in [0.29, 0.717) is 6.61 Å². The van der Waals surface area contributed by atoms with Crippen molar-refractivity contribution >= 4 is 18.6 Å². The molecule has 0 amide bonds. The van der Waals surface area contributed by atoms with Crippen molar-refractivity contribution in [3.63, 3.8) is 0 Å². The average Bonchev–Trinajstić information content (AvgIpc) is 2.57. The molecule has 0 saturated carbocycles. The highest BCUT2D eigenvalue weighted by Gasteiger charge is 2.07. The van der Waals surface area contributed by atoms with E-state index in [-0.39, 0.29) is 11.2 Å². The zero-order valence-corrected chi connectivity index (χ0v) is 17.3. The van der Waals surface area contributed by atoms with Gasteiger partial charge in [-0.1, -0.05) is 103 Å². The summed E-state index contributed by atoms with van der Waals surface area (Å²) < 4.78 is 5.11. The molecule has 0 fully saturated rings. The van der Waals surface area contributed by atoms with Crippen LogP contribution in [0.15, 0.2) is 0 Å². The lowest BCUT2D eigenvalue weighted by molar-refractivity contribution is -0.142. The molecule has 0 unspecified atom stereocenters. The third-order valence-corrected chi connectivity index (χ3v) is 4.79. The van der Waals surface area contributed by atoms with E-state index in [1.54, 1.807) is 6.92 Å². The lowest BCUT2D eigenvalue weighted by atomic mass is 10.0. The smallest absolute Gasteiger partial charge is 0.318 e. The number of thiol groups is 1. The molecule has 0 aromatic heterocycles. The van der Waals surface area contributed by atoms with Gasteiger partial charge in [-0.2, -0.15) is 12.6 Å². The summed E-state index contributed by atoms with van der Waals surface area (Å²) in [4.78, 5) is 11.2. The van der Waals surface area contributed by atoms with Crippen LogP contribution in [-0.2, 0) is 9.53 Å². The van der Waals surface area contributed by atoms with Crippen LogP contribution in [0.1, 0.15) is 117 Å². The number of rotatable bonds is 18. The van der Waals surface area contributed by atoms with Gasteiger partial charge < -0.3 is 4.74 Å². The van der Waals surface area contributed by atoms with Crippen LogP contribution in [0, 0.1) is 0 Å². The minimum atomic E-state index is -0.300. The summed E-state index contributed by atoms with van der Waals surface area (Å²) in [7, 11) is 0. The second-order valence-electron chi connectivity index (χ2n) is 7.15. The molecule has 0 aromatic carbocycles. The predicted molar refractivity (Wildman–Crippen MR) is 109 cm³/mol. The van der Waals surface area contributed by atoms with E-state index in [1.165, 1.54) is 96.3 Å². The fourth-order valence-electron chi connectivity index (χ4n) is 2.94. The molecule has 0 aliphatic rings. The zero-order valence-electron chi connectivity index (χ0n) is 16.4. The van der Waals surface area contributed by atoms with Crippen molar-refractivity contribution in [2.45, 2.75) is 122 Å². The summed E-state index contributed by atoms with van der Waals surface area (Å²) in [6, 6.07) is 0. The number of ether oxygens (including phenoxy) is 1. The number of carbonyl (C=O) groups is 1. The number of esters is 1. The Morgan fingerprint density at radius 1 is 0.708 bits per heavy atom. The Bertz CT molecular complexity index is 267. The molecule has 0 aromatic rings. The van der Waals surface area contributed by atoms with Crippen molar-refractivity contribution in [3.8, 4) is 0 Å².